The van der Waals surface area contributed by atoms with Gasteiger partial charge in [-0.3, -0.25) is 4.79 Å². The third kappa shape index (κ3) is 5.61. The number of halogens is 1. The number of aromatic nitrogens is 3. The fraction of sp³-hybridized carbons (Fsp3) is 0.238. The van der Waals surface area contributed by atoms with E-state index in [9.17, 15) is 4.79 Å². The smallest absolute Gasteiger partial charge is 0.237 e. The largest absolute Gasteiger partial charge is 0.368 e. The molecule has 3 aromatic rings. The van der Waals surface area contributed by atoms with Gasteiger partial charge in [0.1, 0.15) is 5.82 Å². The van der Waals surface area contributed by atoms with E-state index in [1.54, 1.807) is 12.1 Å². The zero-order valence-corrected chi connectivity index (χ0v) is 18.5. The summed E-state index contributed by atoms with van der Waals surface area (Å²) < 4.78 is 0. The van der Waals surface area contributed by atoms with Gasteiger partial charge in [-0.2, -0.15) is 15.0 Å². The van der Waals surface area contributed by atoms with Gasteiger partial charge < -0.3 is 16.4 Å². The molecule has 1 atom stereocenters. The summed E-state index contributed by atoms with van der Waals surface area (Å²) in [6.07, 6.45) is 0. The molecule has 7 nitrogen and oxygen atoms in total. The van der Waals surface area contributed by atoms with Crippen molar-refractivity contribution in [3.8, 4) is 0 Å². The number of nitrogen functional groups attached to an aromatic ring is 1. The molecule has 9 heteroatoms. The lowest BCUT2D eigenvalue weighted by Crippen LogP contribution is -2.23. The summed E-state index contributed by atoms with van der Waals surface area (Å²) in [5.74, 6) is 1.30. The van der Waals surface area contributed by atoms with Gasteiger partial charge in [-0.25, -0.2) is 0 Å². The summed E-state index contributed by atoms with van der Waals surface area (Å²) in [6, 6.07) is 13.2. The number of nitrogens with one attached hydrogen (secondary N) is 2. The van der Waals surface area contributed by atoms with Crippen LogP contribution in [0.1, 0.15) is 23.9 Å². The first-order valence-corrected chi connectivity index (χ1v) is 10.8. The number of aryl methyl sites for hydroxylation is 1. The van der Waals surface area contributed by atoms with Crippen molar-refractivity contribution in [2.24, 2.45) is 0 Å². The van der Waals surface area contributed by atoms with Crippen molar-refractivity contribution < 1.29 is 4.79 Å². The van der Waals surface area contributed by atoms with Crippen LogP contribution in [0.5, 0.6) is 0 Å². The first-order valence-electron chi connectivity index (χ1n) is 9.34. The van der Waals surface area contributed by atoms with Crippen LogP contribution in [0.25, 0.3) is 0 Å². The van der Waals surface area contributed by atoms with Gasteiger partial charge in [0.15, 0.2) is 0 Å². The topological polar surface area (TPSA) is 106 Å². The van der Waals surface area contributed by atoms with Crippen LogP contribution in [0.3, 0.4) is 0 Å². The van der Waals surface area contributed by atoms with Gasteiger partial charge in [0.25, 0.3) is 0 Å². The molecule has 0 radical (unpaired) electrons. The van der Waals surface area contributed by atoms with E-state index in [2.05, 4.69) is 25.6 Å². The number of carbonyl (C=O) groups is 1. The number of anilines is 4. The summed E-state index contributed by atoms with van der Waals surface area (Å²) in [7, 11) is 0. The van der Waals surface area contributed by atoms with Gasteiger partial charge in [0.05, 0.1) is 11.0 Å². The first-order chi connectivity index (χ1) is 14.3. The molecule has 1 amide bonds. The Morgan fingerprint density at radius 1 is 1.10 bits per heavy atom. The van der Waals surface area contributed by atoms with Crippen molar-refractivity contribution >= 4 is 52.5 Å². The molecular weight excluding hydrogens is 420 g/mol. The van der Waals surface area contributed by atoms with E-state index in [0.29, 0.717) is 28.2 Å². The van der Waals surface area contributed by atoms with Crippen LogP contribution in [0, 0.1) is 13.8 Å². The van der Waals surface area contributed by atoms with E-state index in [-0.39, 0.29) is 17.1 Å². The van der Waals surface area contributed by atoms with Crippen LogP contribution in [-0.4, -0.2) is 26.1 Å². The molecule has 0 fully saturated rings. The van der Waals surface area contributed by atoms with E-state index in [0.717, 1.165) is 16.8 Å². The van der Waals surface area contributed by atoms with Crippen LogP contribution in [0.2, 0.25) is 5.02 Å². The Kier molecular flexibility index (Phi) is 7.12. The number of carbonyl (C=O) groups excluding carboxylic acids is 1. The first kappa shape index (κ1) is 21.9. The van der Waals surface area contributed by atoms with E-state index < -0.39 is 0 Å². The molecule has 0 bridgehead atoms. The van der Waals surface area contributed by atoms with E-state index in [1.165, 1.54) is 11.8 Å². The van der Waals surface area contributed by atoms with Gasteiger partial charge in [0.2, 0.25) is 17.8 Å². The quantitative estimate of drug-likeness (QED) is 0.485. The van der Waals surface area contributed by atoms with Crippen molar-refractivity contribution in [3.05, 3.63) is 64.4 Å². The number of nitrogens with two attached hydrogens (primary N) is 1. The third-order valence-electron chi connectivity index (χ3n) is 4.45. The molecule has 1 heterocycles. The number of benzene rings is 2. The monoisotopic (exact) mass is 442 g/mol. The molecule has 0 saturated carbocycles. The molecular formula is C21H23ClN6OS. The van der Waals surface area contributed by atoms with E-state index in [4.69, 9.17) is 17.3 Å². The minimum absolute atomic E-state index is 0.120. The van der Waals surface area contributed by atoms with E-state index >= 15 is 0 Å². The highest BCUT2D eigenvalue weighted by molar-refractivity contribution is 7.99. The van der Waals surface area contributed by atoms with Crippen LogP contribution >= 0.6 is 23.4 Å². The van der Waals surface area contributed by atoms with Crippen LogP contribution in [0.15, 0.2) is 42.5 Å². The molecule has 30 heavy (non-hydrogen) atoms. The third-order valence-corrected chi connectivity index (χ3v) is 6.00. The van der Waals surface area contributed by atoms with Crippen molar-refractivity contribution in [1.82, 2.24) is 15.0 Å². The number of hydrogen-bond donors (Lipinski definition) is 3. The van der Waals surface area contributed by atoms with Crippen molar-refractivity contribution in [3.63, 3.8) is 0 Å². The molecule has 1 aromatic heterocycles. The van der Waals surface area contributed by atoms with Gasteiger partial charge in [0, 0.05) is 16.4 Å². The Hall–Kier alpha value is -2.84. The summed E-state index contributed by atoms with van der Waals surface area (Å²) in [6.45, 7) is 5.69. The molecule has 3 rings (SSSR count). The lowest BCUT2D eigenvalue weighted by atomic mass is 10.2. The van der Waals surface area contributed by atoms with Gasteiger partial charge in [-0.05, 0) is 50.1 Å². The lowest BCUT2D eigenvalue weighted by Gasteiger charge is -2.14. The van der Waals surface area contributed by atoms with Crippen molar-refractivity contribution in [2.45, 2.75) is 31.8 Å². The number of nitrogens with zero attached hydrogens (tertiary/aromatic N) is 3. The second-order valence-electron chi connectivity index (χ2n) is 6.73. The number of hydrogen-bond acceptors (Lipinski definition) is 7. The van der Waals surface area contributed by atoms with Gasteiger partial charge in [-0.1, -0.05) is 35.9 Å². The van der Waals surface area contributed by atoms with E-state index in [1.807, 2.05) is 51.1 Å². The highest BCUT2D eigenvalue weighted by Crippen LogP contribution is 2.25. The molecule has 0 spiro atoms. The Morgan fingerprint density at radius 3 is 2.60 bits per heavy atom. The zero-order valence-electron chi connectivity index (χ0n) is 16.9. The highest BCUT2D eigenvalue weighted by atomic mass is 35.5. The lowest BCUT2D eigenvalue weighted by molar-refractivity contribution is -0.115. The van der Waals surface area contributed by atoms with Crippen LogP contribution in [-0.2, 0) is 10.5 Å². The molecule has 0 aliphatic rings. The fourth-order valence-electron chi connectivity index (χ4n) is 2.64. The number of amides is 1. The minimum Gasteiger partial charge on any atom is -0.368 e. The zero-order chi connectivity index (χ0) is 21.7. The van der Waals surface area contributed by atoms with Crippen LogP contribution < -0.4 is 16.4 Å². The highest BCUT2D eigenvalue weighted by Gasteiger charge is 2.16. The second kappa shape index (κ2) is 9.77. The molecule has 0 aliphatic heterocycles. The Labute approximate surface area is 184 Å². The number of rotatable bonds is 7. The summed E-state index contributed by atoms with van der Waals surface area (Å²) in [5, 5.41) is 6.37. The average molecular weight is 443 g/mol. The molecule has 4 N–H and O–H groups in total. The molecule has 0 saturated heterocycles. The molecule has 2 aromatic carbocycles. The normalized spacial score (nSPS) is 11.7. The Morgan fingerprint density at radius 2 is 1.83 bits per heavy atom. The van der Waals surface area contributed by atoms with Crippen molar-refractivity contribution in [1.29, 1.82) is 0 Å². The summed E-state index contributed by atoms with van der Waals surface area (Å²) in [5.41, 5.74) is 9.34. The minimum atomic E-state index is -0.325. The van der Waals surface area contributed by atoms with Crippen LogP contribution in [0.4, 0.5) is 23.3 Å². The predicted molar refractivity (Wildman–Crippen MR) is 124 cm³/mol. The summed E-state index contributed by atoms with van der Waals surface area (Å²) >= 11 is 7.53. The number of para-hydroxylation sites is 1. The fourth-order valence-corrected chi connectivity index (χ4v) is 3.56. The predicted octanol–water partition coefficient (Wildman–Crippen LogP) is 4.73. The Bertz CT molecular complexity index is 1060. The maximum Gasteiger partial charge on any atom is 0.237 e. The maximum absolute atomic E-state index is 12.5. The summed E-state index contributed by atoms with van der Waals surface area (Å²) in [4.78, 5) is 25.3. The Balaban J connectivity index is 1.63. The maximum atomic E-state index is 12.5. The molecule has 156 valence electrons. The SMILES string of the molecule is Cc1ccccc1Nc1nc(N)nc(CSC(C)C(=O)Nc2cccc(Cl)c2C)n1. The molecule has 1 unspecified atom stereocenters. The van der Waals surface area contributed by atoms with Gasteiger partial charge in [-0.15, -0.1) is 11.8 Å². The number of thioether (sulfide) groups is 1. The second-order valence-corrected chi connectivity index (χ2v) is 8.46. The molecule has 0 aliphatic carbocycles. The average Bonchev–Trinajstić information content (AvgIpc) is 2.71. The van der Waals surface area contributed by atoms with Gasteiger partial charge >= 0.3 is 0 Å². The standard InChI is InChI=1S/C21H23ClN6OS/c1-12-7-4-5-9-16(12)25-21-27-18(26-20(23)28-21)11-30-14(3)19(29)24-17-10-6-8-15(22)13(17)2/h4-10,14H,11H2,1-3H3,(H,24,29)(H3,23,25,26,27,28). The van der Waals surface area contributed by atoms with Crippen molar-refractivity contribution in [2.75, 3.05) is 16.4 Å².